The molecule has 2 saturated heterocycles. The standard InChI is InChI=1S/C27H30ClN3O4/c1-17(2)30-15-20(23-18(3)4-9-22(28)24(23)30)14-29-12-10-27(11-13-29)16-31(26(34)35-27)21-7-5-19(6-8-21)25(32)33/h4-9,15,17H,10-14,16H2,1-3H3,(H,32,33). The molecule has 1 spiro atoms. The highest BCUT2D eigenvalue weighted by Crippen LogP contribution is 2.38. The molecule has 0 radical (unpaired) electrons. The summed E-state index contributed by atoms with van der Waals surface area (Å²) in [6, 6.07) is 10.7. The molecule has 3 heterocycles. The average molecular weight is 496 g/mol. The molecule has 35 heavy (non-hydrogen) atoms. The second-order valence-corrected chi connectivity index (χ2v) is 10.4. The van der Waals surface area contributed by atoms with E-state index in [9.17, 15) is 9.59 Å². The van der Waals surface area contributed by atoms with E-state index in [-0.39, 0.29) is 11.7 Å². The fourth-order valence-electron chi connectivity index (χ4n) is 5.37. The number of carboxylic acids is 1. The number of carbonyl (C=O) groups excluding carboxylic acids is 1. The van der Waals surface area contributed by atoms with Gasteiger partial charge in [0.15, 0.2) is 0 Å². The Kier molecular flexibility index (Phi) is 6.01. The van der Waals surface area contributed by atoms with E-state index in [1.807, 2.05) is 6.07 Å². The number of aromatic nitrogens is 1. The van der Waals surface area contributed by atoms with Crippen molar-refractivity contribution in [2.24, 2.45) is 0 Å². The minimum Gasteiger partial charge on any atom is -0.478 e. The van der Waals surface area contributed by atoms with Crippen LogP contribution in [0.3, 0.4) is 0 Å². The topological polar surface area (TPSA) is 75.0 Å². The van der Waals surface area contributed by atoms with Crippen LogP contribution < -0.4 is 4.90 Å². The maximum Gasteiger partial charge on any atom is 0.415 e. The summed E-state index contributed by atoms with van der Waals surface area (Å²) in [6.45, 7) is 9.42. The number of anilines is 1. The van der Waals surface area contributed by atoms with Crippen LogP contribution in [0.2, 0.25) is 5.02 Å². The van der Waals surface area contributed by atoms with Crippen LogP contribution in [0.1, 0.15) is 54.2 Å². The highest BCUT2D eigenvalue weighted by molar-refractivity contribution is 6.35. The SMILES string of the molecule is Cc1ccc(Cl)c2c1c(CN1CCC3(CC1)CN(c1ccc(C(=O)O)cc1)C(=O)O3)cn2C(C)C. The molecule has 8 heteroatoms. The normalized spacial score (nSPS) is 18.1. The summed E-state index contributed by atoms with van der Waals surface area (Å²) in [4.78, 5) is 27.8. The Bertz CT molecular complexity index is 1290. The molecule has 2 aromatic carbocycles. The summed E-state index contributed by atoms with van der Waals surface area (Å²) in [5.41, 5.74) is 3.94. The Hall–Kier alpha value is -3.03. The van der Waals surface area contributed by atoms with E-state index in [4.69, 9.17) is 21.4 Å². The zero-order valence-corrected chi connectivity index (χ0v) is 21.0. The van der Waals surface area contributed by atoms with Gasteiger partial charge in [0.2, 0.25) is 0 Å². The number of amides is 1. The summed E-state index contributed by atoms with van der Waals surface area (Å²) in [5.74, 6) is -0.988. The lowest BCUT2D eigenvalue weighted by atomic mass is 9.91. The molecule has 1 aromatic heterocycles. The molecule has 1 amide bonds. The van der Waals surface area contributed by atoms with Gasteiger partial charge in [-0.3, -0.25) is 9.80 Å². The van der Waals surface area contributed by atoms with Crippen LogP contribution in [-0.2, 0) is 11.3 Å². The molecule has 0 saturated carbocycles. The maximum atomic E-state index is 12.7. The number of aromatic carboxylic acids is 1. The number of halogens is 1. The minimum atomic E-state index is -0.988. The van der Waals surface area contributed by atoms with Crippen molar-refractivity contribution in [2.75, 3.05) is 24.5 Å². The first-order valence-corrected chi connectivity index (χ1v) is 12.4. The number of ether oxygens (including phenoxy) is 1. The van der Waals surface area contributed by atoms with Crippen molar-refractivity contribution in [1.82, 2.24) is 9.47 Å². The molecule has 2 fully saturated rings. The van der Waals surface area contributed by atoms with Crippen molar-refractivity contribution >= 4 is 40.3 Å². The van der Waals surface area contributed by atoms with Crippen molar-refractivity contribution in [3.63, 3.8) is 0 Å². The Balaban J connectivity index is 1.30. The Morgan fingerprint density at radius 3 is 2.46 bits per heavy atom. The minimum absolute atomic E-state index is 0.194. The van der Waals surface area contributed by atoms with Crippen molar-refractivity contribution in [3.05, 3.63) is 64.3 Å². The average Bonchev–Trinajstić information content (AvgIpc) is 3.37. The zero-order valence-electron chi connectivity index (χ0n) is 20.3. The second-order valence-electron chi connectivity index (χ2n) is 10.0. The van der Waals surface area contributed by atoms with Gasteiger partial charge < -0.3 is 14.4 Å². The number of fused-ring (bicyclic) bond motifs is 1. The number of benzene rings is 2. The predicted molar refractivity (Wildman–Crippen MR) is 137 cm³/mol. The van der Waals surface area contributed by atoms with Gasteiger partial charge in [-0.05, 0) is 62.2 Å². The molecule has 184 valence electrons. The van der Waals surface area contributed by atoms with Crippen LogP contribution in [-0.4, -0.2) is 51.9 Å². The van der Waals surface area contributed by atoms with Crippen molar-refractivity contribution < 1.29 is 19.4 Å². The first-order chi connectivity index (χ1) is 16.7. The third-order valence-corrected chi connectivity index (χ3v) is 7.63. The first kappa shape index (κ1) is 23.7. The van der Waals surface area contributed by atoms with Gasteiger partial charge in [0.25, 0.3) is 0 Å². The fourth-order valence-corrected chi connectivity index (χ4v) is 5.63. The second kappa shape index (κ2) is 8.88. The Morgan fingerprint density at radius 2 is 1.83 bits per heavy atom. The number of likely N-dealkylation sites (tertiary alicyclic amines) is 1. The molecule has 0 aliphatic carbocycles. The summed E-state index contributed by atoms with van der Waals surface area (Å²) >= 11 is 6.60. The van der Waals surface area contributed by atoms with E-state index >= 15 is 0 Å². The molecule has 2 aliphatic rings. The molecule has 0 bridgehead atoms. The molecule has 0 unspecified atom stereocenters. The van der Waals surface area contributed by atoms with Crippen molar-refractivity contribution in [3.8, 4) is 0 Å². The monoisotopic (exact) mass is 495 g/mol. The Morgan fingerprint density at radius 1 is 1.14 bits per heavy atom. The van der Waals surface area contributed by atoms with Gasteiger partial charge in [0.05, 0.1) is 22.6 Å². The molecule has 2 aliphatic heterocycles. The smallest absolute Gasteiger partial charge is 0.415 e. The summed E-state index contributed by atoms with van der Waals surface area (Å²) in [7, 11) is 0. The molecule has 7 nitrogen and oxygen atoms in total. The quantitative estimate of drug-likeness (QED) is 0.479. The lowest BCUT2D eigenvalue weighted by Crippen LogP contribution is -2.46. The lowest BCUT2D eigenvalue weighted by Gasteiger charge is -2.37. The van der Waals surface area contributed by atoms with Gasteiger partial charge >= 0.3 is 12.1 Å². The number of aryl methyl sites for hydroxylation is 1. The molecule has 5 rings (SSSR count). The van der Waals surface area contributed by atoms with Crippen LogP contribution >= 0.6 is 11.6 Å². The fraction of sp³-hybridized carbons (Fsp3) is 0.407. The van der Waals surface area contributed by atoms with Gasteiger partial charge in [0.1, 0.15) is 5.60 Å². The number of rotatable bonds is 5. The van der Waals surface area contributed by atoms with E-state index < -0.39 is 11.6 Å². The zero-order chi connectivity index (χ0) is 24.9. The van der Waals surface area contributed by atoms with E-state index in [2.05, 4.69) is 42.5 Å². The molecular formula is C27H30ClN3O4. The van der Waals surface area contributed by atoms with Gasteiger partial charge in [0, 0.05) is 55.8 Å². The van der Waals surface area contributed by atoms with Gasteiger partial charge in [-0.1, -0.05) is 17.7 Å². The number of carbonyl (C=O) groups is 2. The van der Waals surface area contributed by atoms with E-state index in [0.717, 1.165) is 43.0 Å². The van der Waals surface area contributed by atoms with Crippen LogP contribution in [0.15, 0.2) is 42.6 Å². The van der Waals surface area contributed by atoms with Crippen LogP contribution in [0.25, 0.3) is 10.9 Å². The number of carboxylic acid groups (broad SMARTS) is 1. The third kappa shape index (κ3) is 4.28. The van der Waals surface area contributed by atoms with Crippen molar-refractivity contribution in [1.29, 1.82) is 0 Å². The number of hydrogen-bond donors (Lipinski definition) is 1. The third-order valence-electron chi connectivity index (χ3n) is 7.33. The molecule has 0 atom stereocenters. The van der Waals surface area contributed by atoms with E-state index in [0.29, 0.717) is 18.3 Å². The van der Waals surface area contributed by atoms with Gasteiger partial charge in [-0.15, -0.1) is 0 Å². The van der Waals surface area contributed by atoms with Crippen molar-refractivity contribution in [2.45, 2.75) is 51.8 Å². The molecular weight excluding hydrogens is 466 g/mol. The van der Waals surface area contributed by atoms with E-state index in [1.165, 1.54) is 28.6 Å². The van der Waals surface area contributed by atoms with Crippen LogP contribution in [0, 0.1) is 6.92 Å². The van der Waals surface area contributed by atoms with Crippen LogP contribution in [0.4, 0.5) is 10.5 Å². The van der Waals surface area contributed by atoms with Gasteiger partial charge in [-0.25, -0.2) is 9.59 Å². The predicted octanol–water partition coefficient (Wildman–Crippen LogP) is 5.87. The maximum absolute atomic E-state index is 12.7. The first-order valence-electron chi connectivity index (χ1n) is 12.0. The number of piperidine rings is 1. The number of nitrogens with zero attached hydrogens (tertiary/aromatic N) is 3. The van der Waals surface area contributed by atoms with Crippen LogP contribution in [0.5, 0.6) is 0 Å². The lowest BCUT2D eigenvalue weighted by molar-refractivity contribution is -0.000900. The largest absolute Gasteiger partial charge is 0.478 e. The molecule has 1 N–H and O–H groups in total. The highest BCUT2D eigenvalue weighted by atomic mass is 35.5. The highest BCUT2D eigenvalue weighted by Gasteiger charge is 2.47. The Labute approximate surface area is 209 Å². The molecule has 3 aromatic rings. The number of hydrogen-bond acceptors (Lipinski definition) is 4. The van der Waals surface area contributed by atoms with E-state index in [1.54, 1.807) is 17.0 Å². The summed E-state index contributed by atoms with van der Waals surface area (Å²) < 4.78 is 8.16. The van der Waals surface area contributed by atoms with Gasteiger partial charge in [-0.2, -0.15) is 0 Å². The summed E-state index contributed by atoms with van der Waals surface area (Å²) in [5, 5.41) is 11.1. The summed E-state index contributed by atoms with van der Waals surface area (Å²) in [6.07, 6.45) is 3.37.